The molecular formula is C13H12ClF3N2O. The Bertz CT molecular complexity index is 562. The van der Waals surface area contributed by atoms with Gasteiger partial charge >= 0.3 is 6.18 Å². The van der Waals surface area contributed by atoms with Gasteiger partial charge in [0.1, 0.15) is 0 Å². The summed E-state index contributed by atoms with van der Waals surface area (Å²) in [5, 5.41) is 10.9. The monoisotopic (exact) mass is 304 g/mol. The summed E-state index contributed by atoms with van der Waals surface area (Å²) in [6, 6.07) is 4.59. The molecule has 1 aromatic rings. The summed E-state index contributed by atoms with van der Waals surface area (Å²) >= 11 is 5.61. The van der Waals surface area contributed by atoms with Crippen LogP contribution in [0.4, 0.5) is 18.9 Å². The van der Waals surface area contributed by atoms with Crippen LogP contribution in [0.2, 0.25) is 0 Å². The Morgan fingerprint density at radius 3 is 2.45 bits per heavy atom. The van der Waals surface area contributed by atoms with Crippen molar-refractivity contribution in [2.24, 2.45) is 5.41 Å². The number of nitriles is 1. The third-order valence-corrected chi connectivity index (χ3v) is 3.32. The van der Waals surface area contributed by atoms with E-state index in [1.165, 1.54) is 19.9 Å². The highest BCUT2D eigenvalue weighted by atomic mass is 35.5. The fraction of sp³-hybridized carbons (Fsp3) is 0.385. The third-order valence-electron chi connectivity index (χ3n) is 2.65. The van der Waals surface area contributed by atoms with Gasteiger partial charge in [-0.05, 0) is 32.0 Å². The van der Waals surface area contributed by atoms with E-state index >= 15 is 0 Å². The first-order valence-electron chi connectivity index (χ1n) is 5.60. The van der Waals surface area contributed by atoms with Crippen LogP contribution in [0.5, 0.6) is 0 Å². The lowest BCUT2D eigenvalue weighted by molar-refractivity contribution is -0.137. The van der Waals surface area contributed by atoms with Gasteiger partial charge in [0.25, 0.3) is 0 Å². The van der Waals surface area contributed by atoms with Gasteiger partial charge < -0.3 is 5.32 Å². The summed E-state index contributed by atoms with van der Waals surface area (Å²) in [6.45, 7) is 3.04. The Morgan fingerprint density at radius 1 is 1.40 bits per heavy atom. The van der Waals surface area contributed by atoms with Crippen molar-refractivity contribution in [3.05, 3.63) is 29.3 Å². The molecule has 20 heavy (non-hydrogen) atoms. The van der Waals surface area contributed by atoms with Crippen LogP contribution in [-0.2, 0) is 11.0 Å². The molecule has 1 amide bonds. The molecule has 0 saturated heterocycles. The maximum atomic E-state index is 12.9. The van der Waals surface area contributed by atoms with E-state index in [9.17, 15) is 18.0 Å². The van der Waals surface area contributed by atoms with Gasteiger partial charge in [-0.15, -0.1) is 11.6 Å². The van der Waals surface area contributed by atoms with Gasteiger partial charge in [0.2, 0.25) is 5.91 Å². The molecule has 1 rings (SSSR count). The summed E-state index contributed by atoms with van der Waals surface area (Å²) in [6.07, 6.45) is -4.67. The molecular weight excluding hydrogens is 293 g/mol. The van der Waals surface area contributed by atoms with E-state index in [1.807, 2.05) is 0 Å². The van der Waals surface area contributed by atoms with Crippen LogP contribution in [0.3, 0.4) is 0 Å². The minimum absolute atomic E-state index is 0.0313. The molecule has 0 aromatic heterocycles. The lowest BCUT2D eigenvalue weighted by Crippen LogP contribution is -2.33. The Hall–Kier alpha value is -1.74. The zero-order valence-corrected chi connectivity index (χ0v) is 11.6. The lowest BCUT2D eigenvalue weighted by atomic mass is 9.95. The maximum absolute atomic E-state index is 12.9. The third kappa shape index (κ3) is 3.64. The standard InChI is InChI=1S/C13H12ClF3N2O/c1-12(2,7-14)11(20)19-10-4-3-8(6-18)5-9(10)13(15,16)17/h3-5H,7H2,1-2H3,(H,19,20). The van der Waals surface area contributed by atoms with Crippen LogP contribution in [0, 0.1) is 16.7 Å². The van der Waals surface area contributed by atoms with E-state index in [4.69, 9.17) is 16.9 Å². The van der Waals surface area contributed by atoms with Crippen molar-refractivity contribution in [2.45, 2.75) is 20.0 Å². The highest BCUT2D eigenvalue weighted by Gasteiger charge is 2.35. The van der Waals surface area contributed by atoms with Gasteiger partial charge in [-0.25, -0.2) is 0 Å². The number of nitrogens with one attached hydrogen (secondary N) is 1. The maximum Gasteiger partial charge on any atom is 0.418 e. The molecule has 0 bridgehead atoms. The topological polar surface area (TPSA) is 52.9 Å². The van der Waals surface area contributed by atoms with Gasteiger partial charge in [-0.3, -0.25) is 4.79 Å². The highest BCUT2D eigenvalue weighted by Crippen LogP contribution is 2.36. The normalized spacial score (nSPS) is 11.8. The largest absolute Gasteiger partial charge is 0.418 e. The Morgan fingerprint density at radius 2 is 2.00 bits per heavy atom. The summed E-state index contributed by atoms with van der Waals surface area (Å²) in [5.74, 6) is -0.654. The average Bonchev–Trinajstić information content (AvgIpc) is 2.37. The van der Waals surface area contributed by atoms with E-state index in [2.05, 4.69) is 5.32 Å². The van der Waals surface area contributed by atoms with Crippen LogP contribution >= 0.6 is 11.6 Å². The van der Waals surface area contributed by atoms with Crippen molar-refractivity contribution in [3.63, 3.8) is 0 Å². The van der Waals surface area contributed by atoms with E-state index in [-0.39, 0.29) is 17.1 Å². The first-order valence-corrected chi connectivity index (χ1v) is 6.14. The van der Waals surface area contributed by atoms with Crippen LogP contribution in [-0.4, -0.2) is 11.8 Å². The quantitative estimate of drug-likeness (QED) is 0.864. The van der Waals surface area contributed by atoms with Gasteiger partial charge in [-0.1, -0.05) is 0 Å². The molecule has 0 aliphatic rings. The number of benzene rings is 1. The summed E-state index contributed by atoms with van der Waals surface area (Å²) < 4.78 is 38.7. The Balaban J connectivity index is 3.20. The fourth-order valence-electron chi connectivity index (χ4n) is 1.31. The van der Waals surface area contributed by atoms with Crippen molar-refractivity contribution in [3.8, 4) is 6.07 Å². The number of carbonyl (C=O) groups excluding carboxylic acids is 1. The number of hydrogen-bond donors (Lipinski definition) is 1. The molecule has 0 saturated carbocycles. The summed E-state index contributed by atoms with van der Waals surface area (Å²) in [7, 11) is 0. The van der Waals surface area contributed by atoms with Crippen LogP contribution in [0.15, 0.2) is 18.2 Å². The van der Waals surface area contributed by atoms with Crippen molar-refractivity contribution in [1.29, 1.82) is 5.26 Å². The first-order chi connectivity index (χ1) is 9.11. The molecule has 0 radical (unpaired) electrons. The number of amides is 1. The Kier molecular flexibility index (Phi) is 4.66. The van der Waals surface area contributed by atoms with E-state index in [1.54, 1.807) is 6.07 Å². The summed E-state index contributed by atoms with van der Waals surface area (Å²) in [4.78, 5) is 11.9. The van der Waals surface area contributed by atoms with Crippen molar-refractivity contribution < 1.29 is 18.0 Å². The minimum atomic E-state index is -4.67. The van der Waals surface area contributed by atoms with Gasteiger partial charge in [0, 0.05) is 5.88 Å². The zero-order chi connectivity index (χ0) is 15.6. The molecule has 3 nitrogen and oxygen atoms in total. The number of halogens is 4. The lowest BCUT2D eigenvalue weighted by Gasteiger charge is -2.22. The number of alkyl halides is 4. The molecule has 0 atom stereocenters. The number of nitrogens with zero attached hydrogens (tertiary/aromatic N) is 1. The fourth-order valence-corrected chi connectivity index (χ4v) is 1.43. The SMILES string of the molecule is CC(C)(CCl)C(=O)Nc1ccc(C#N)cc1C(F)(F)F. The van der Waals surface area contributed by atoms with Crippen LogP contribution in [0.1, 0.15) is 25.0 Å². The number of hydrogen-bond acceptors (Lipinski definition) is 2. The van der Waals surface area contributed by atoms with Gasteiger partial charge in [-0.2, -0.15) is 18.4 Å². The second-order valence-corrected chi connectivity index (χ2v) is 5.11. The van der Waals surface area contributed by atoms with E-state index < -0.39 is 23.1 Å². The second kappa shape index (κ2) is 5.71. The summed E-state index contributed by atoms with van der Waals surface area (Å²) in [5.41, 5.74) is -2.58. The minimum Gasteiger partial charge on any atom is -0.325 e. The van der Waals surface area contributed by atoms with Crippen LogP contribution < -0.4 is 5.32 Å². The molecule has 0 heterocycles. The number of carbonyl (C=O) groups is 1. The van der Waals surface area contributed by atoms with Crippen LogP contribution in [0.25, 0.3) is 0 Å². The predicted octanol–water partition coefficient (Wildman–Crippen LogP) is 3.78. The molecule has 1 N–H and O–H groups in total. The molecule has 0 fully saturated rings. The average molecular weight is 305 g/mol. The molecule has 1 aromatic carbocycles. The predicted molar refractivity (Wildman–Crippen MR) is 69.3 cm³/mol. The molecule has 0 unspecified atom stereocenters. The molecule has 7 heteroatoms. The van der Waals surface area contributed by atoms with Crippen molar-refractivity contribution in [1.82, 2.24) is 0 Å². The molecule has 0 aliphatic heterocycles. The second-order valence-electron chi connectivity index (χ2n) is 4.84. The van der Waals surface area contributed by atoms with E-state index in [0.717, 1.165) is 6.07 Å². The van der Waals surface area contributed by atoms with Crippen molar-refractivity contribution >= 4 is 23.2 Å². The number of anilines is 1. The Labute approximate surface area is 119 Å². The van der Waals surface area contributed by atoms with E-state index in [0.29, 0.717) is 6.07 Å². The highest BCUT2D eigenvalue weighted by molar-refractivity contribution is 6.20. The van der Waals surface area contributed by atoms with Crippen molar-refractivity contribution in [2.75, 3.05) is 11.2 Å². The van der Waals surface area contributed by atoms with Gasteiger partial charge in [0.05, 0.1) is 28.3 Å². The first kappa shape index (κ1) is 16.3. The smallest absolute Gasteiger partial charge is 0.325 e. The molecule has 0 aliphatic carbocycles. The molecule has 0 spiro atoms. The molecule has 108 valence electrons. The van der Waals surface area contributed by atoms with Gasteiger partial charge in [0.15, 0.2) is 0 Å². The number of rotatable bonds is 3. The zero-order valence-electron chi connectivity index (χ0n) is 10.8.